The molecule has 0 spiro atoms. The number of rotatable bonds is 11. The van der Waals surface area contributed by atoms with Crippen LogP contribution in [0.15, 0.2) is 0 Å². The van der Waals surface area contributed by atoms with Gasteiger partial charge in [-0.25, -0.2) is 0 Å². The largest absolute Gasteiger partial charge is 0.355 e. The number of amides is 3. The van der Waals surface area contributed by atoms with Gasteiger partial charge < -0.3 is 10.1 Å². The number of ketones is 1. The van der Waals surface area contributed by atoms with Gasteiger partial charge in [0.1, 0.15) is 12.1 Å². The predicted octanol–water partition coefficient (Wildman–Crippen LogP) is 1.73. The van der Waals surface area contributed by atoms with Gasteiger partial charge in [-0.15, -0.1) is 11.8 Å². The number of thioether (sulfide) groups is 1. The Balaban J connectivity index is 1.68. The maximum Gasteiger partial charge on any atom is 0.242 e. The molecule has 1 atom stereocenters. The van der Waals surface area contributed by atoms with Gasteiger partial charge in [0.25, 0.3) is 0 Å². The number of carbonyl (C=O) groups is 5. The lowest BCUT2D eigenvalue weighted by molar-refractivity contribution is -0.139. The van der Waals surface area contributed by atoms with Crippen molar-refractivity contribution in [2.24, 2.45) is 11.8 Å². The molecule has 3 amide bonds. The molecule has 1 unspecified atom stereocenters. The lowest BCUT2D eigenvalue weighted by atomic mass is 9.80. The Hall–Kier alpha value is -1.70. The molecule has 1 N–H and O–H groups in total. The lowest BCUT2D eigenvalue weighted by Crippen LogP contribution is -2.37. The number of nitrogens with zero attached hydrogens (tertiary/aromatic N) is 1. The first-order valence-corrected chi connectivity index (χ1v) is 11.1. The number of imide groups is 1. The second-order valence-electron chi connectivity index (χ2n) is 7.64. The van der Waals surface area contributed by atoms with Gasteiger partial charge >= 0.3 is 0 Å². The van der Waals surface area contributed by atoms with Crippen LogP contribution < -0.4 is 5.32 Å². The zero-order valence-electron chi connectivity index (χ0n) is 16.5. The summed E-state index contributed by atoms with van der Waals surface area (Å²) in [5.41, 5.74) is 0. The van der Waals surface area contributed by atoms with Crippen molar-refractivity contribution in [1.29, 1.82) is 0 Å². The van der Waals surface area contributed by atoms with Gasteiger partial charge in [-0.2, -0.15) is 0 Å². The van der Waals surface area contributed by atoms with Crippen LogP contribution in [0.4, 0.5) is 0 Å². The molecule has 1 aliphatic carbocycles. The highest BCUT2D eigenvalue weighted by Crippen LogP contribution is 2.32. The summed E-state index contributed by atoms with van der Waals surface area (Å²) < 4.78 is 0. The van der Waals surface area contributed by atoms with E-state index in [9.17, 15) is 24.0 Å². The molecule has 1 saturated heterocycles. The number of hydrogen-bond donors (Lipinski definition) is 1. The van der Waals surface area contributed by atoms with Crippen molar-refractivity contribution >= 4 is 41.6 Å². The molecule has 0 aromatic heterocycles. The van der Waals surface area contributed by atoms with Crippen LogP contribution in [0.2, 0.25) is 0 Å². The summed E-state index contributed by atoms with van der Waals surface area (Å²) in [6.07, 6.45) is 5.73. The smallest absolute Gasteiger partial charge is 0.242 e. The molecule has 1 heterocycles. The summed E-state index contributed by atoms with van der Waals surface area (Å²) in [5, 5.41) is 2.40. The maximum absolute atomic E-state index is 12.6. The Morgan fingerprint density at radius 2 is 1.93 bits per heavy atom. The monoisotopic (exact) mass is 410 g/mol. The van der Waals surface area contributed by atoms with E-state index in [-0.39, 0.29) is 47.0 Å². The molecule has 7 nitrogen and oxygen atoms in total. The van der Waals surface area contributed by atoms with Gasteiger partial charge in [0, 0.05) is 44.0 Å². The molecule has 156 valence electrons. The second kappa shape index (κ2) is 11.3. The fourth-order valence-electron chi connectivity index (χ4n) is 3.81. The normalized spacial score (nSPS) is 25.0. The molecule has 28 heavy (non-hydrogen) atoms. The average Bonchev–Trinajstić information content (AvgIpc) is 2.93. The zero-order chi connectivity index (χ0) is 20.5. The van der Waals surface area contributed by atoms with E-state index in [2.05, 4.69) is 5.32 Å². The third-order valence-electron chi connectivity index (χ3n) is 5.53. The van der Waals surface area contributed by atoms with Gasteiger partial charge in [-0.1, -0.05) is 0 Å². The first-order valence-electron chi connectivity index (χ1n) is 10.1. The summed E-state index contributed by atoms with van der Waals surface area (Å²) >= 11 is 1.41. The highest BCUT2D eigenvalue weighted by atomic mass is 32.2. The number of unbranched alkanes of at least 4 members (excludes halogenated alkanes) is 1. The molecule has 2 rings (SSSR count). The Morgan fingerprint density at radius 3 is 2.57 bits per heavy atom. The van der Waals surface area contributed by atoms with Crippen molar-refractivity contribution in [2.45, 2.75) is 63.5 Å². The van der Waals surface area contributed by atoms with Gasteiger partial charge in [0.2, 0.25) is 17.7 Å². The van der Waals surface area contributed by atoms with Gasteiger partial charge in [0.15, 0.2) is 0 Å². The predicted molar refractivity (Wildman–Crippen MR) is 107 cm³/mol. The van der Waals surface area contributed by atoms with Crippen molar-refractivity contribution in [3.8, 4) is 0 Å². The van der Waals surface area contributed by atoms with Crippen LogP contribution in [-0.2, 0) is 24.0 Å². The van der Waals surface area contributed by atoms with Gasteiger partial charge in [0.05, 0.1) is 5.25 Å². The van der Waals surface area contributed by atoms with Gasteiger partial charge in [-0.05, 0) is 44.9 Å². The minimum atomic E-state index is -0.368. The van der Waals surface area contributed by atoms with Crippen LogP contribution >= 0.6 is 11.8 Å². The Morgan fingerprint density at radius 1 is 1.21 bits per heavy atom. The highest BCUT2D eigenvalue weighted by molar-refractivity contribution is 8.00. The molecular weight excluding hydrogens is 380 g/mol. The number of likely N-dealkylation sites (tertiary alicyclic amines) is 1. The number of aldehydes is 1. The van der Waals surface area contributed by atoms with E-state index in [1.54, 1.807) is 6.92 Å². The minimum absolute atomic E-state index is 0.0981. The first-order chi connectivity index (χ1) is 13.4. The molecule has 0 aromatic carbocycles. The SMILES string of the molecule is CC(=O)C1CCC(CN2C(=O)CC(SCCNC(=O)CCCC=O)C2=O)CC1. The number of Topliss-reactive ketones (excluding diaryl/α,β-unsaturated/α-hetero) is 1. The molecular formula is C20H30N2O5S. The maximum atomic E-state index is 12.6. The average molecular weight is 411 g/mol. The van der Waals surface area contributed by atoms with Crippen molar-refractivity contribution < 1.29 is 24.0 Å². The van der Waals surface area contributed by atoms with Crippen molar-refractivity contribution in [3.05, 3.63) is 0 Å². The van der Waals surface area contributed by atoms with Crippen LogP contribution in [0.25, 0.3) is 0 Å². The third kappa shape index (κ3) is 6.72. The first kappa shape index (κ1) is 22.6. The number of hydrogen-bond acceptors (Lipinski definition) is 6. The number of nitrogens with one attached hydrogen (secondary N) is 1. The lowest BCUT2D eigenvalue weighted by Gasteiger charge is -2.29. The van der Waals surface area contributed by atoms with E-state index in [0.29, 0.717) is 38.1 Å². The standard InChI is InChI=1S/C20H30N2O5S/c1-14(24)16-7-5-15(6-8-16)13-22-19(26)12-17(20(22)27)28-11-9-21-18(25)4-2-3-10-23/h10,15-17H,2-9,11-13H2,1H3,(H,21,25). The Bertz CT molecular complexity index is 601. The zero-order valence-corrected chi connectivity index (χ0v) is 17.3. The molecule has 2 fully saturated rings. The van der Waals surface area contributed by atoms with E-state index >= 15 is 0 Å². The molecule has 0 radical (unpaired) electrons. The molecule has 2 aliphatic rings. The number of carbonyl (C=O) groups excluding carboxylic acids is 5. The summed E-state index contributed by atoms with van der Waals surface area (Å²) in [4.78, 5) is 59.5. The third-order valence-corrected chi connectivity index (χ3v) is 6.74. The minimum Gasteiger partial charge on any atom is -0.355 e. The molecule has 8 heteroatoms. The molecule has 1 aliphatic heterocycles. The Kier molecular flexibility index (Phi) is 9.15. The summed E-state index contributed by atoms with van der Waals surface area (Å²) in [6.45, 7) is 2.54. The van der Waals surface area contributed by atoms with E-state index in [4.69, 9.17) is 0 Å². The van der Waals surface area contributed by atoms with Crippen LogP contribution in [0, 0.1) is 11.8 Å². The van der Waals surface area contributed by atoms with Crippen LogP contribution in [0.3, 0.4) is 0 Å². The summed E-state index contributed by atoms with van der Waals surface area (Å²) in [5.74, 6) is 0.894. The molecule has 0 aromatic rings. The van der Waals surface area contributed by atoms with E-state index in [0.717, 1.165) is 32.0 Å². The summed E-state index contributed by atoms with van der Waals surface area (Å²) in [7, 11) is 0. The van der Waals surface area contributed by atoms with E-state index < -0.39 is 0 Å². The fourth-order valence-corrected chi connectivity index (χ4v) is 4.85. The molecule has 1 saturated carbocycles. The fraction of sp³-hybridized carbons (Fsp3) is 0.750. The van der Waals surface area contributed by atoms with E-state index in [1.165, 1.54) is 16.7 Å². The second-order valence-corrected chi connectivity index (χ2v) is 8.95. The quantitative estimate of drug-likeness (QED) is 0.316. The summed E-state index contributed by atoms with van der Waals surface area (Å²) in [6, 6.07) is 0. The van der Waals surface area contributed by atoms with Gasteiger partial charge in [-0.3, -0.25) is 24.1 Å². The van der Waals surface area contributed by atoms with E-state index in [1.807, 2.05) is 0 Å². The molecule has 0 bridgehead atoms. The van der Waals surface area contributed by atoms with Crippen LogP contribution in [0.5, 0.6) is 0 Å². The van der Waals surface area contributed by atoms with Crippen molar-refractivity contribution in [1.82, 2.24) is 10.2 Å². The van der Waals surface area contributed by atoms with Crippen LogP contribution in [-0.4, -0.2) is 58.8 Å². The van der Waals surface area contributed by atoms with Crippen LogP contribution in [0.1, 0.15) is 58.3 Å². The van der Waals surface area contributed by atoms with Crippen molar-refractivity contribution in [2.75, 3.05) is 18.8 Å². The van der Waals surface area contributed by atoms with Crippen molar-refractivity contribution in [3.63, 3.8) is 0 Å². The topological polar surface area (TPSA) is 101 Å². The Labute approximate surface area is 170 Å². The highest BCUT2D eigenvalue weighted by Gasteiger charge is 2.40.